The van der Waals surface area contributed by atoms with E-state index in [1.165, 1.54) is 0 Å². The van der Waals surface area contributed by atoms with Crippen molar-refractivity contribution in [2.75, 3.05) is 13.1 Å². The fourth-order valence-electron chi connectivity index (χ4n) is 2.47. The van der Waals surface area contributed by atoms with Gasteiger partial charge in [0.1, 0.15) is 0 Å². The SMILES string of the molecule is CCCC1(c2nc(C(C)(C)C)no2)CCNC1. The summed E-state index contributed by atoms with van der Waals surface area (Å²) in [6, 6.07) is 0. The van der Waals surface area contributed by atoms with Crippen molar-refractivity contribution < 1.29 is 4.52 Å². The third kappa shape index (κ3) is 2.37. The van der Waals surface area contributed by atoms with E-state index in [4.69, 9.17) is 4.52 Å². The number of aromatic nitrogens is 2. The second-order valence-corrected chi connectivity index (χ2v) is 6.13. The standard InChI is InChI=1S/C13H23N3O/c1-5-6-13(7-8-14-9-13)11-15-10(16-17-11)12(2,3)4/h14H,5-9H2,1-4H3. The highest BCUT2D eigenvalue weighted by Crippen LogP contribution is 2.35. The number of hydrogen-bond acceptors (Lipinski definition) is 4. The van der Waals surface area contributed by atoms with Crippen LogP contribution in [0.3, 0.4) is 0 Å². The Hall–Kier alpha value is -0.900. The lowest BCUT2D eigenvalue weighted by molar-refractivity contribution is 0.274. The van der Waals surface area contributed by atoms with Crippen LogP contribution in [0.25, 0.3) is 0 Å². The van der Waals surface area contributed by atoms with Crippen molar-refractivity contribution in [1.29, 1.82) is 0 Å². The molecule has 1 aliphatic rings. The van der Waals surface area contributed by atoms with Crippen molar-refractivity contribution in [3.05, 3.63) is 11.7 Å². The lowest BCUT2D eigenvalue weighted by Gasteiger charge is -2.22. The third-order valence-corrected chi connectivity index (χ3v) is 3.52. The summed E-state index contributed by atoms with van der Waals surface area (Å²) in [5.74, 6) is 1.64. The Labute approximate surface area is 103 Å². The van der Waals surface area contributed by atoms with Gasteiger partial charge in [0.05, 0.1) is 5.41 Å². The summed E-state index contributed by atoms with van der Waals surface area (Å²) in [4.78, 5) is 4.64. The lowest BCUT2D eigenvalue weighted by Crippen LogP contribution is -2.29. The molecule has 1 saturated heterocycles. The van der Waals surface area contributed by atoms with Gasteiger partial charge in [-0.25, -0.2) is 0 Å². The lowest BCUT2D eigenvalue weighted by atomic mass is 9.82. The molecule has 0 spiro atoms. The van der Waals surface area contributed by atoms with E-state index < -0.39 is 0 Å². The van der Waals surface area contributed by atoms with E-state index in [0.29, 0.717) is 0 Å². The van der Waals surface area contributed by atoms with Crippen molar-refractivity contribution in [1.82, 2.24) is 15.5 Å². The normalized spacial score (nSPS) is 25.4. The molecule has 0 aromatic carbocycles. The van der Waals surface area contributed by atoms with Crippen molar-refractivity contribution >= 4 is 0 Å². The quantitative estimate of drug-likeness (QED) is 0.877. The molecule has 1 aromatic heterocycles. The zero-order valence-electron chi connectivity index (χ0n) is 11.3. The summed E-state index contributed by atoms with van der Waals surface area (Å²) in [5, 5.41) is 7.56. The zero-order valence-corrected chi connectivity index (χ0v) is 11.3. The van der Waals surface area contributed by atoms with E-state index in [0.717, 1.165) is 44.1 Å². The van der Waals surface area contributed by atoms with Crippen LogP contribution >= 0.6 is 0 Å². The molecule has 1 aliphatic heterocycles. The van der Waals surface area contributed by atoms with Crippen molar-refractivity contribution in [2.24, 2.45) is 0 Å². The van der Waals surface area contributed by atoms with Crippen LogP contribution < -0.4 is 5.32 Å². The average molecular weight is 237 g/mol. The van der Waals surface area contributed by atoms with E-state index in [1.54, 1.807) is 0 Å². The predicted octanol–water partition coefficient (Wildman–Crippen LogP) is 2.40. The molecule has 4 heteroatoms. The molecule has 0 saturated carbocycles. The van der Waals surface area contributed by atoms with Gasteiger partial charge in [0.25, 0.3) is 0 Å². The molecule has 4 nitrogen and oxygen atoms in total. The van der Waals surface area contributed by atoms with Crippen molar-refractivity contribution in [3.8, 4) is 0 Å². The Morgan fingerprint density at radius 2 is 2.18 bits per heavy atom. The Balaban J connectivity index is 2.28. The molecular weight excluding hydrogens is 214 g/mol. The Kier molecular flexibility index (Phi) is 3.25. The van der Waals surface area contributed by atoms with Crippen LogP contribution in [-0.4, -0.2) is 23.2 Å². The summed E-state index contributed by atoms with van der Waals surface area (Å²) in [5.41, 5.74) is 0.0342. The van der Waals surface area contributed by atoms with Crippen molar-refractivity contribution in [3.63, 3.8) is 0 Å². The molecule has 1 atom stereocenters. The molecule has 0 amide bonds. The van der Waals surface area contributed by atoms with Crippen molar-refractivity contribution in [2.45, 2.75) is 57.8 Å². The Bertz CT molecular complexity index is 372. The van der Waals surface area contributed by atoms with Gasteiger partial charge in [0.15, 0.2) is 5.82 Å². The molecule has 1 aromatic rings. The Morgan fingerprint density at radius 3 is 2.65 bits per heavy atom. The molecule has 0 aliphatic carbocycles. The van der Waals surface area contributed by atoms with Gasteiger partial charge in [0, 0.05) is 12.0 Å². The topological polar surface area (TPSA) is 51.0 Å². The molecule has 1 N–H and O–H groups in total. The van der Waals surface area contributed by atoms with Crippen LogP contribution in [0.1, 0.15) is 58.7 Å². The number of hydrogen-bond donors (Lipinski definition) is 1. The van der Waals surface area contributed by atoms with Gasteiger partial charge in [-0.2, -0.15) is 4.98 Å². The first kappa shape index (κ1) is 12.6. The highest BCUT2D eigenvalue weighted by atomic mass is 16.5. The monoisotopic (exact) mass is 237 g/mol. The average Bonchev–Trinajstić information content (AvgIpc) is 2.84. The van der Waals surface area contributed by atoms with E-state index in [2.05, 4.69) is 43.2 Å². The van der Waals surface area contributed by atoms with Crippen LogP contribution in [-0.2, 0) is 10.8 Å². The minimum absolute atomic E-state index is 0.0405. The minimum Gasteiger partial charge on any atom is -0.339 e. The predicted molar refractivity (Wildman–Crippen MR) is 67.1 cm³/mol. The van der Waals surface area contributed by atoms with Gasteiger partial charge in [-0.15, -0.1) is 0 Å². The van der Waals surface area contributed by atoms with E-state index >= 15 is 0 Å². The maximum atomic E-state index is 5.53. The first-order valence-corrected chi connectivity index (χ1v) is 6.53. The molecule has 17 heavy (non-hydrogen) atoms. The summed E-state index contributed by atoms with van der Waals surface area (Å²) in [6.45, 7) is 10.6. The van der Waals surface area contributed by atoms with Gasteiger partial charge < -0.3 is 9.84 Å². The highest BCUT2D eigenvalue weighted by Gasteiger charge is 2.40. The Morgan fingerprint density at radius 1 is 1.41 bits per heavy atom. The first-order chi connectivity index (χ1) is 7.98. The zero-order chi connectivity index (χ0) is 12.5. The van der Waals surface area contributed by atoms with Gasteiger partial charge in [-0.1, -0.05) is 39.3 Å². The van der Waals surface area contributed by atoms with Gasteiger partial charge >= 0.3 is 0 Å². The summed E-state index contributed by atoms with van der Waals surface area (Å²) >= 11 is 0. The maximum absolute atomic E-state index is 5.53. The van der Waals surface area contributed by atoms with Crippen LogP contribution in [0.5, 0.6) is 0 Å². The van der Waals surface area contributed by atoms with Gasteiger partial charge in [-0.05, 0) is 19.4 Å². The van der Waals surface area contributed by atoms with Crippen LogP contribution in [0.15, 0.2) is 4.52 Å². The minimum atomic E-state index is -0.0405. The molecule has 2 heterocycles. The summed E-state index contributed by atoms with van der Waals surface area (Å²) in [6.07, 6.45) is 3.37. The van der Waals surface area contributed by atoms with Crippen LogP contribution in [0.4, 0.5) is 0 Å². The molecule has 0 radical (unpaired) electrons. The molecule has 96 valence electrons. The van der Waals surface area contributed by atoms with E-state index in [-0.39, 0.29) is 10.8 Å². The number of nitrogens with one attached hydrogen (secondary N) is 1. The molecular formula is C13H23N3O. The summed E-state index contributed by atoms with van der Waals surface area (Å²) in [7, 11) is 0. The first-order valence-electron chi connectivity index (χ1n) is 6.53. The maximum Gasteiger partial charge on any atom is 0.234 e. The van der Waals surface area contributed by atoms with E-state index in [9.17, 15) is 0 Å². The largest absolute Gasteiger partial charge is 0.339 e. The van der Waals surface area contributed by atoms with Crippen LogP contribution in [0.2, 0.25) is 0 Å². The molecule has 1 unspecified atom stereocenters. The second-order valence-electron chi connectivity index (χ2n) is 6.13. The number of nitrogens with zero attached hydrogens (tertiary/aromatic N) is 2. The van der Waals surface area contributed by atoms with Crippen LogP contribution in [0, 0.1) is 0 Å². The molecule has 1 fully saturated rings. The summed E-state index contributed by atoms with van der Waals surface area (Å²) < 4.78 is 5.53. The molecule has 2 rings (SSSR count). The fraction of sp³-hybridized carbons (Fsp3) is 0.846. The van der Waals surface area contributed by atoms with E-state index in [1.807, 2.05) is 0 Å². The van der Waals surface area contributed by atoms with Gasteiger partial charge in [0.2, 0.25) is 5.89 Å². The highest BCUT2D eigenvalue weighted by molar-refractivity contribution is 5.12. The fourth-order valence-corrected chi connectivity index (χ4v) is 2.47. The van der Waals surface area contributed by atoms with Gasteiger partial charge in [-0.3, -0.25) is 0 Å². The third-order valence-electron chi connectivity index (χ3n) is 3.52. The number of rotatable bonds is 3. The molecule has 0 bridgehead atoms. The smallest absolute Gasteiger partial charge is 0.234 e. The second kappa shape index (κ2) is 4.41.